The molecule has 1 atom stereocenters. The van der Waals surface area contributed by atoms with E-state index in [-0.39, 0.29) is 18.5 Å². The number of halogens is 1. The molecule has 0 saturated carbocycles. The van der Waals surface area contributed by atoms with Gasteiger partial charge in [0.05, 0.1) is 6.42 Å². The van der Waals surface area contributed by atoms with Crippen LogP contribution >= 0.6 is 15.9 Å². The summed E-state index contributed by atoms with van der Waals surface area (Å²) in [5, 5.41) is 14.2. The highest BCUT2D eigenvalue weighted by Gasteiger charge is 2.15. The van der Waals surface area contributed by atoms with Gasteiger partial charge in [0.2, 0.25) is 0 Å². The van der Waals surface area contributed by atoms with E-state index in [1.807, 2.05) is 19.9 Å². The van der Waals surface area contributed by atoms with Crippen LogP contribution in [0.15, 0.2) is 22.7 Å². The summed E-state index contributed by atoms with van der Waals surface area (Å²) in [5.41, 5.74) is 1.73. The summed E-state index contributed by atoms with van der Waals surface area (Å²) in [4.78, 5) is 22.6. The third-order valence-corrected chi connectivity index (χ3v) is 3.68. The van der Waals surface area contributed by atoms with E-state index in [0.29, 0.717) is 12.1 Å². The lowest BCUT2D eigenvalue weighted by molar-refractivity contribution is -0.137. The molecule has 0 spiro atoms. The quantitative estimate of drug-likeness (QED) is 0.739. The average Bonchev–Trinajstić information content (AvgIpc) is 2.33. The molecule has 0 radical (unpaired) electrons. The van der Waals surface area contributed by atoms with E-state index < -0.39 is 5.97 Å². The number of urea groups is 1. The smallest absolute Gasteiger partial charge is 0.319 e. The number of benzene rings is 1. The zero-order valence-corrected chi connectivity index (χ0v) is 13.2. The van der Waals surface area contributed by atoms with Crippen molar-refractivity contribution in [3.8, 4) is 0 Å². The number of carbonyl (C=O) groups excluding carboxylic acids is 1. The maximum absolute atomic E-state index is 11.8. The Morgan fingerprint density at radius 1 is 1.40 bits per heavy atom. The summed E-state index contributed by atoms with van der Waals surface area (Å²) in [6.07, 6.45) is 1.38. The predicted molar refractivity (Wildman–Crippen MR) is 82.0 cm³/mol. The molecule has 20 heavy (non-hydrogen) atoms. The molecule has 0 aliphatic heterocycles. The summed E-state index contributed by atoms with van der Waals surface area (Å²) in [5.74, 6) is -0.915. The first-order valence-corrected chi connectivity index (χ1v) is 7.27. The van der Waals surface area contributed by atoms with Gasteiger partial charge in [-0.15, -0.1) is 0 Å². The molecular weight excluding hydrogens is 324 g/mol. The molecule has 3 N–H and O–H groups in total. The van der Waals surface area contributed by atoms with Gasteiger partial charge in [-0.05, 0) is 31.0 Å². The predicted octanol–water partition coefficient (Wildman–Crippen LogP) is 3.52. The highest BCUT2D eigenvalue weighted by Crippen LogP contribution is 2.20. The molecule has 0 aromatic heterocycles. The Hall–Kier alpha value is -1.56. The van der Waals surface area contributed by atoms with Gasteiger partial charge in [-0.1, -0.05) is 35.3 Å². The summed E-state index contributed by atoms with van der Waals surface area (Å²) < 4.78 is 0.908. The van der Waals surface area contributed by atoms with E-state index in [4.69, 9.17) is 5.11 Å². The van der Waals surface area contributed by atoms with Crippen LogP contribution in [-0.4, -0.2) is 23.1 Å². The van der Waals surface area contributed by atoms with Crippen molar-refractivity contribution in [1.29, 1.82) is 0 Å². The Morgan fingerprint density at radius 3 is 2.65 bits per heavy atom. The van der Waals surface area contributed by atoms with Gasteiger partial charge in [0, 0.05) is 16.2 Å². The number of nitrogens with one attached hydrogen (secondary N) is 2. The van der Waals surface area contributed by atoms with E-state index in [0.717, 1.165) is 16.5 Å². The molecule has 0 aliphatic carbocycles. The van der Waals surface area contributed by atoms with Crippen LogP contribution in [0, 0.1) is 6.92 Å². The first kappa shape index (κ1) is 16.5. The summed E-state index contributed by atoms with van der Waals surface area (Å²) >= 11 is 3.40. The first-order chi connectivity index (χ1) is 9.42. The number of carbonyl (C=O) groups is 2. The fraction of sp³-hybridized carbons (Fsp3) is 0.429. The van der Waals surface area contributed by atoms with Crippen LogP contribution in [0.3, 0.4) is 0 Å². The molecule has 2 amide bonds. The molecule has 5 nitrogen and oxygen atoms in total. The van der Waals surface area contributed by atoms with Crippen molar-refractivity contribution >= 4 is 33.6 Å². The molecule has 0 heterocycles. The van der Waals surface area contributed by atoms with Crippen molar-refractivity contribution in [3.05, 3.63) is 28.2 Å². The molecule has 1 rings (SSSR count). The van der Waals surface area contributed by atoms with E-state index in [2.05, 4.69) is 26.6 Å². The second-order valence-electron chi connectivity index (χ2n) is 4.65. The molecular formula is C14H19BrN2O3. The van der Waals surface area contributed by atoms with Gasteiger partial charge in [0.25, 0.3) is 0 Å². The minimum absolute atomic E-state index is 0.0706. The van der Waals surface area contributed by atoms with Crippen LogP contribution < -0.4 is 10.6 Å². The normalized spacial score (nSPS) is 11.8. The fourth-order valence-corrected chi connectivity index (χ4v) is 2.19. The van der Waals surface area contributed by atoms with Crippen molar-refractivity contribution < 1.29 is 14.7 Å². The Morgan fingerprint density at radius 2 is 2.10 bits per heavy atom. The summed E-state index contributed by atoms with van der Waals surface area (Å²) in [6, 6.07) is 4.75. The largest absolute Gasteiger partial charge is 0.481 e. The van der Waals surface area contributed by atoms with Gasteiger partial charge in [-0.25, -0.2) is 4.79 Å². The molecule has 1 unspecified atom stereocenters. The van der Waals surface area contributed by atoms with Crippen LogP contribution in [0.25, 0.3) is 0 Å². The topological polar surface area (TPSA) is 78.4 Å². The highest BCUT2D eigenvalue weighted by molar-refractivity contribution is 9.10. The second kappa shape index (κ2) is 7.89. The molecule has 0 saturated heterocycles. The highest BCUT2D eigenvalue weighted by atomic mass is 79.9. The van der Waals surface area contributed by atoms with E-state index in [1.54, 1.807) is 12.1 Å². The van der Waals surface area contributed by atoms with Gasteiger partial charge < -0.3 is 15.7 Å². The van der Waals surface area contributed by atoms with Crippen LogP contribution in [0.2, 0.25) is 0 Å². The van der Waals surface area contributed by atoms with Crippen LogP contribution in [0.4, 0.5) is 10.5 Å². The van der Waals surface area contributed by atoms with Gasteiger partial charge >= 0.3 is 12.0 Å². The van der Waals surface area contributed by atoms with Crippen LogP contribution in [-0.2, 0) is 4.79 Å². The number of anilines is 1. The standard InChI is InChI=1S/C14H19BrN2O3/c1-3-4-10(8-13(18)19)16-14(20)17-11-6-5-9(2)12(15)7-11/h5-7,10H,3-4,8H2,1-2H3,(H,18,19)(H2,16,17,20). The summed E-state index contributed by atoms with van der Waals surface area (Å²) in [6.45, 7) is 3.91. The second-order valence-corrected chi connectivity index (χ2v) is 5.50. The Bertz CT molecular complexity index is 491. The van der Waals surface area contributed by atoms with Crippen molar-refractivity contribution in [2.75, 3.05) is 5.32 Å². The minimum atomic E-state index is -0.915. The number of rotatable bonds is 6. The van der Waals surface area contributed by atoms with Crippen molar-refractivity contribution in [2.45, 2.75) is 39.2 Å². The Kier molecular flexibility index (Phi) is 6.51. The number of aliphatic carboxylic acids is 1. The molecule has 1 aromatic carbocycles. The van der Waals surface area contributed by atoms with Gasteiger partial charge in [0.15, 0.2) is 0 Å². The lowest BCUT2D eigenvalue weighted by Gasteiger charge is -2.16. The van der Waals surface area contributed by atoms with Crippen LogP contribution in [0.1, 0.15) is 31.7 Å². The lowest BCUT2D eigenvalue weighted by Crippen LogP contribution is -2.39. The first-order valence-electron chi connectivity index (χ1n) is 6.47. The third-order valence-electron chi connectivity index (χ3n) is 2.82. The maximum atomic E-state index is 11.8. The van der Waals surface area contributed by atoms with Crippen molar-refractivity contribution in [3.63, 3.8) is 0 Å². The zero-order chi connectivity index (χ0) is 15.1. The maximum Gasteiger partial charge on any atom is 0.319 e. The average molecular weight is 343 g/mol. The van der Waals surface area contributed by atoms with E-state index in [1.165, 1.54) is 0 Å². The van der Waals surface area contributed by atoms with E-state index >= 15 is 0 Å². The molecule has 0 bridgehead atoms. The van der Waals surface area contributed by atoms with E-state index in [9.17, 15) is 9.59 Å². The van der Waals surface area contributed by atoms with Crippen LogP contribution in [0.5, 0.6) is 0 Å². The molecule has 110 valence electrons. The summed E-state index contributed by atoms with van der Waals surface area (Å²) in [7, 11) is 0. The number of hydrogen-bond acceptors (Lipinski definition) is 2. The Labute approximate surface area is 126 Å². The van der Waals surface area contributed by atoms with Crippen molar-refractivity contribution in [2.24, 2.45) is 0 Å². The third kappa shape index (κ3) is 5.61. The zero-order valence-electron chi connectivity index (χ0n) is 11.6. The number of carboxylic acid groups (broad SMARTS) is 1. The molecule has 0 fully saturated rings. The molecule has 6 heteroatoms. The lowest BCUT2D eigenvalue weighted by atomic mass is 10.1. The molecule has 1 aromatic rings. The number of amides is 2. The monoisotopic (exact) mass is 342 g/mol. The van der Waals surface area contributed by atoms with Crippen molar-refractivity contribution in [1.82, 2.24) is 5.32 Å². The number of aryl methyl sites for hydroxylation is 1. The number of hydrogen-bond donors (Lipinski definition) is 3. The SMILES string of the molecule is CCCC(CC(=O)O)NC(=O)Nc1ccc(C)c(Br)c1. The van der Waals surface area contributed by atoms with Gasteiger partial charge in [-0.2, -0.15) is 0 Å². The molecule has 0 aliphatic rings. The fourth-order valence-electron chi connectivity index (χ4n) is 1.81. The van der Waals surface area contributed by atoms with Gasteiger partial charge in [-0.3, -0.25) is 4.79 Å². The Balaban J connectivity index is 2.60. The van der Waals surface area contributed by atoms with Gasteiger partial charge in [0.1, 0.15) is 0 Å². The number of carboxylic acids is 1. The minimum Gasteiger partial charge on any atom is -0.481 e.